The molecule has 1 aromatic heterocycles. The molecule has 150 valence electrons. The molecule has 1 atom stereocenters. The molecule has 0 fully saturated rings. The van der Waals surface area contributed by atoms with Crippen LogP contribution in [0.25, 0.3) is 0 Å². The molecule has 1 amide bonds. The van der Waals surface area contributed by atoms with Gasteiger partial charge in [0.25, 0.3) is 11.5 Å². The van der Waals surface area contributed by atoms with Gasteiger partial charge in [0.1, 0.15) is 16.7 Å². The van der Waals surface area contributed by atoms with Crippen LogP contribution in [-0.2, 0) is 4.79 Å². The van der Waals surface area contributed by atoms with Gasteiger partial charge in [-0.3, -0.25) is 19.4 Å². The van der Waals surface area contributed by atoms with E-state index in [-0.39, 0.29) is 16.7 Å². The third-order valence-electron chi connectivity index (χ3n) is 3.87. The number of thioether (sulfide) groups is 1. The van der Waals surface area contributed by atoms with Crippen molar-refractivity contribution < 1.29 is 19.4 Å². The fourth-order valence-corrected chi connectivity index (χ4v) is 3.29. The highest BCUT2D eigenvalue weighted by Gasteiger charge is 2.21. The number of hydrogen-bond acceptors (Lipinski definition) is 7. The lowest BCUT2D eigenvalue weighted by Gasteiger charge is -2.12. The molecular formula is C18H22N4O5S. The van der Waals surface area contributed by atoms with Crippen LogP contribution in [-0.4, -0.2) is 39.3 Å². The second-order valence-electron chi connectivity index (χ2n) is 5.90. The van der Waals surface area contributed by atoms with Crippen LogP contribution in [0.4, 0.5) is 11.5 Å². The fraction of sp³-hybridized carbons (Fsp3) is 0.333. The van der Waals surface area contributed by atoms with Crippen LogP contribution in [0.5, 0.6) is 5.75 Å². The number of aromatic nitrogens is 2. The molecule has 0 saturated heterocycles. The van der Waals surface area contributed by atoms with Gasteiger partial charge in [0.15, 0.2) is 11.0 Å². The molecule has 0 spiro atoms. The SMILES string of the molecule is CCCC[C@@H](Sc1nc(N)c(NC(=O)c2ccc(OC)cc2)c(=O)[nH]1)C(=O)O. The Morgan fingerprint density at radius 2 is 2.04 bits per heavy atom. The van der Waals surface area contributed by atoms with Crippen molar-refractivity contribution in [1.82, 2.24) is 9.97 Å². The first kappa shape index (κ1) is 21.3. The summed E-state index contributed by atoms with van der Waals surface area (Å²) in [6.07, 6.45) is 2.03. The summed E-state index contributed by atoms with van der Waals surface area (Å²) in [5.74, 6) is -1.12. The number of aliphatic carboxylic acids is 1. The number of nitrogens with zero attached hydrogens (tertiary/aromatic N) is 1. The van der Waals surface area contributed by atoms with Gasteiger partial charge in [0, 0.05) is 5.56 Å². The maximum absolute atomic E-state index is 12.3. The number of ether oxygens (including phenoxy) is 1. The molecule has 0 bridgehead atoms. The first-order chi connectivity index (χ1) is 13.3. The fourth-order valence-electron chi connectivity index (χ4n) is 2.33. The number of aromatic amines is 1. The summed E-state index contributed by atoms with van der Waals surface area (Å²) in [4.78, 5) is 42.5. The lowest BCUT2D eigenvalue weighted by Crippen LogP contribution is -2.24. The molecule has 2 aromatic rings. The van der Waals surface area contributed by atoms with Crippen LogP contribution in [0.1, 0.15) is 36.5 Å². The predicted molar refractivity (Wildman–Crippen MR) is 107 cm³/mol. The number of carbonyl (C=O) groups excluding carboxylic acids is 1. The van der Waals surface area contributed by atoms with E-state index in [1.54, 1.807) is 24.3 Å². The Morgan fingerprint density at radius 1 is 1.36 bits per heavy atom. The van der Waals surface area contributed by atoms with Gasteiger partial charge < -0.3 is 20.9 Å². The van der Waals surface area contributed by atoms with E-state index >= 15 is 0 Å². The van der Waals surface area contributed by atoms with Crippen molar-refractivity contribution >= 4 is 35.1 Å². The summed E-state index contributed by atoms with van der Waals surface area (Å²) in [6, 6.07) is 6.31. The summed E-state index contributed by atoms with van der Waals surface area (Å²) in [6.45, 7) is 1.96. The quantitative estimate of drug-likeness (QED) is 0.366. The second-order valence-corrected chi connectivity index (χ2v) is 7.09. The maximum atomic E-state index is 12.3. The van der Waals surface area contributed by atoms with Crippen molar-refractivity contribution in [2.45, 2.75) is 36.6 Å². The number of unbranched alkanes of at least 4 members (excludes halogenated alkanes) is 1. The lowest BCUT2D eigenvalue weighted by atomic mass is 10.2. The first-order valence-corrected chi connectivity index (χ1v) is 9.48. The molecule has 0 radical (unpaired) electrons. The molecule has 0 aliphatic heterocycles. The van der Waals surface area contributed by atoms with Crippen molar-refractivity contribution in [3.05, 3.63) is 40.2 Å². The average Bonchev–Trinajstić information content (AvgIpc) is 2.67. The number of anilines is 2. The van der Waals surface area contributed by atoms with Gasteiger partial charge in [0.05, 0.1) is 7.11 Å². The number of carboxylic acid groups (broad SMARTS) is 1. The van der Waals surface area contributed by atoms with E-state index in [4.69, 9.17) is 10.5 Å². The molecule has 0 aliphatic carbocycles. The minimum absolute atomic E-state index is 0.0912. The first-order valence-electron chi connectivity index (χ1n) is 8.60. The normalized spacial score (nSPS) is 11.6. The van der Waals surface area contributed by atoms with Crippen LogP contribution in [0.3, 0.4) is 0 Å². The second kappa shape index (κ2) is 9.79. The van der Waals surface area contributed by atoms with Gasteiger partial charge in [-0.15, -0.1) is 0 Å². The van der Waals surface area contributed by atoms with Crippen molar-refractivity contribution in [1.29, 1.82) is 0 Å². The van der Waals surface area contributed by atoms with Crippen molar-refractivity contribution in [3.8, 4) is 5.75 Å². The van der Waals surface area contributed by atoms with Crippen molar-refractivity contribution in [2.75, 3.05) is 18.2 Å². The number of nitrogens with one attached hydrogen (secondary N) is 2. The molecule has 9 nitrogen and oxygen atoms in total. The summed E-state index contributed by atoms with van der Waals surface area (Å²) in [5, 5.41) is 11.1. The van der Waals surface area contributed by atoms with Gasteiger partial charge in [-0.25, -0.2) is 4.98 Å². The standard InChI is InChI=1S/C18H22N4O5S/c1-3-4-5-12(17(25)26)28-18-21-14(19)13(16(24)22-18)20-15(23)10-6-8-11(27-2)9-7-10/h6-9,12H,3-5H2,1-2H3,(H,20,23)(H,25,26)(H3,19,21,22,24)/t12-/m1/s1. The molecule has 1 heterocycles. The van der Waals surface area contributed by atoms with E-state index in [0.29, 0.717) is 17.7 Å². The molecule has 1 aromatic carbocycles. The molecule has 2 rings (SSSR count). The number of hydrogen-bond donors (Lipinski definition) is 4. The Labute approximate surface area is 165 Å². The number of carboxylic acids is 1. The van der Waals surface area contributed by atoms with Crippen LogP contribution in [0.2, 0.25) is 0 Å². The van der Waals surface area contributed by atoms with E-state index in [9.17, 15) is 19.5 Å². The smallest absolute Gasteiger partial charge is 0.317 e. The number of nitrogens with two attached hydrogens (primary N) is 1. The van der Waals surface area contributed by atoms with Crippen molar-refractivity contribution in [2.24, 2.45) is 0 Å². The zero-order valence-electron chi connectivity index (χ0n) is 15.5. The molecule has 28 heavy (non-hydrogen) atoms. The van der Waals surface area contributed by atoms with Gasteiger partial charge in [-0.2, -0.15) is 0 Å². The Hall–Kier alpha value is -3.01. The van der Waals surface area contributed by atoms with Gasteiger partial charge in [0.2, 0.25) is 0 Å². The Morgan fingerprint density at radius 3 is 2.57 bits per heavy atom. The zero-order valence-corrected chi connectivity index (χ0v) is 16.3. The van der Waals surface area contributed by atoms with Crippen molar-refractivity contribution in [3.63, 3.8) is 0 Å². The predicted octanol–water partition coefficient (Wildman–Crippen LogP) is 2.35. The number of methoxy groups -OCH3 is 1. The molecule has 5 N–H and O–H groups in total. The largest absolute Gasteiger partial charge is 0.497 e. The molecule has 0 unspecified atom stereocenters. The van der Waals surface area contributed by atoms with Gasteiger partial charge in [-0.05, 0) is 30.7 Å². The van der Waals surface area contributed by atoms with Crippen LogP contribution >= 0.6 is 11.8 Å². The number of H-pyrrole nitrogens is 1. The highest BCUT2D eigenvalue weighted by atomic mass is 32.2. The minimum atomic E-state index is -0.989. The Kier molecular flexibility index (Phi) is 7.44. The summed E-state index contributed by atoms with van der Waals surface area (Å²) in [5.41, 5.74) is 5.28. The Bertz CT molecular complexity index is 898. The van der Waals surface area contributed by atoms with Crippen LogP contribution in [0, 0.1) is 0 Å². The third kappa shape index (κ3) is 5.49. The lowest BCUT2D eigenvalue weighted by molar-refractivity contribution is -0.136. The highest BCUT2D eigenvalue weighted by Crippen LogP contribution is 2.25. The number of amides is 1. The molecular weight excluding hydrogens is 384 g/mol. The van der Waals surface area contributed by atoms with Gasteiger partial charge in [-0.1, -0.05) is 31.5 Å². The molecule has 0 saturated carbocycles. The van der Waals surface area contributed by atoms with E-state index < -0.39 is 22.7 Å². The molecule has 0 aliphatic rings. The third-order valence-corrected chi connectivity index (χ3v) is 5.00. The van der Waals surface area contributed by atoms with Gasteiger partial charge >= 0.3 is 5.97 Å². The minimum Gasteiger partial charge on any atom is -0.497 e. The Balaban J connectivity index is 2.17. The number of benzene rings is 1. The van der Waals surface area contributed by atoms with E-state index in [0.717, 1.165) is 24.6 Å². The molecule has 10 heteroatoms. The number of rotatable bonds is 9. The van der Waals surface area contributed by atoms with E-state index in [2.05, 4.69) is 15.3 Å². The average molecular weight is 406 g/mol. The van der Waals surface area contributed by atoms with Crippen LogP contribution in [0.15, 0.2) is 34.2 Å². The maximum Gasteiger partial charge on any atom is 0.317 e. The topological polar surface area (TPSA) is 147 Å². The summed E-state index contributed by atoms with van der Waals surface area (Å²) >= 11 is 0.920. The summed E-state index contributed by atoms with van der Waals surface area (Å²) < 4.78 is 5.03. The zero-order chi connectivity index (χ0) is 20.7. The monoisotopic (exact) mass is 406 g/mol. The van der Waals surface area contributed by atoms with E-state index in [1.165, 1.54) is 7.11 Å². The van der Waals surface area contributed by atoms with E-state index in [1.807, 2.05) is 6.92 Å². The summed E-state index contributed by atoms with van der Waals surface area (Å²) in [7, 11) is 1.51. The number of carbonyl (C=O) groups is 2. The highest BCUT2D eigenvalue weighted by molar-refractivity contribution is 8.00. The number of nitrogen functional groups attached to an aromatic ring is 1. The van der Waals surface area contributed by atoms with Crippen LogP contribution < -0.4 is 21.3 Å².